The van der Waals surface area contributed by atoms with Crippen LogP contribution in [0.5, 0.6) is 0 Å². The van der Waals surface area contributed by atoms with Gasteiger partial charge in [-0.1, -0.05) is 24.2 Å². The molecule has 0 unspecified atom stereocenters. The molecular formula is C10H11BO4. The van der Waals surface area contributed by atoms with Crippen molar-refractivity contribution < 1.29 is 19.6 Å². The van der Waals surface area contributed by atoms with Crippen molar-refractivity contribution in [2.75, 3.05) is 7.11 Å². The molecule has 0 radical (unpaired) electrons. The molecule has 2 N–H and O–H groups in total. The van der Waals surface area contributed by atoms with E-state index >= 15 is 0 Å². The third-order valence-corrected chi connectivity index (χ3v) is 1.79. The van der Waals surface area contributed by atoms with E-state index in [4.69, 9.17) is 10.0 Å². The van der Waals surface area contributed by atoms with Crippen LogP contribution in [0.2, 0.25) is 0 Å². The minimum absolute atomic E-state index is 0.396. The van der Waals surface area contributed by atoms with Crippen LogP contribution in [0, 0.1) is 0 Å². The van der Waals surface area contributed by atoms with E-state index in [9.17, 15) is 4.79 Å². The Morgan fingerprint density at radius 1 is 1.33 bits per heavy atom. The molecule has 1 rings (SSSR count). The SMILES string of the molecule is COC(=O)c1ccc(C=CB(O)O)cc1. The summed E-state index contributed by atoms with van der Waals surface area (Å²) in [6, 6.07) is 6.58. The van der Waals surface area contributed by atoms with Crippen LogP contribution in [0.1, 0.15) is 15.9 Å². The highest BCUT2D eigenvalue weighted by atomic mass is 16.5. The van der Waals surface area contributed by atoms with Crippen molar-refractivity contribution in [1.82, 2.24) is 0 Å². The molecule has 0 aliphatic rings. The van der Waals surface area contributed by atoms with Gasteiger partial charge in [-0.3, -0.25) is 0 Å². The lowest BCUT2D eigenvalue weighted by Crippen LogP contribution is -2.05. The van der Waals surface area contributed by atoms with Crippen LogP contribution in [-0.2, 0) is 4.74 Å². The highest BCUT2D eigenvalue weighted by Gasteiger charge is 2.03. The van der Waals surface area contributed by atoms with Gasteiger partial charge in [0, 0.05) is 0 Å². The zero-order valence-corrected chi connectivity index (χ0v) is 8.25. The van der Waals surface area contributed by atoms with Gasteiger partial charge in [0.25, 0.3) is 0 Å². The van der Waals surface area contributed by atoms with Crippen molar-refractivity contribution >= 4 is 19.2 Å². The third kappa shape index (κ3) is 3.57. The maximum atomic E-state index is 11.1. The van der Waals surface area contributed by atoms with Gasteiger partial charge in [-0.2, -0.15) is 0 Å². The van der Waals surface area contributed by atoms with Crippen LogP contribution in [0.25, 0.3) is 6.08 Å². The summed E-state index contributed by atoms with van der Waals surface area (Å²) in [6.45, 7) is 0. The number of ether oxygens (including phenoxy) is 1. The normalized spacial score (nSPS) is 10.3. The number of esters is 1. The van der Waals surface area contributed by atoms with Gasteiger partial charge in [-0.15, -0.1) is 0 Å². The average molecular weight is 206 g/mol. The molecule has 0 amide bonds. The van der Waals surface area contributed by atoms with E-state index in [1.807, 2.05) is 0 Å². The maximum Gasteiger partial charge on any atom is 0.480 e. The van der Waals surface area contributed by atoms with Crippen molar-refractivity contribution in [3.05, 3.63) is 41.4 Å². The number of carbonyl (C=O) groups is 1. The van der Waals surface area contributed by atoms with Gasteiger partial charge in [-0.25, -0.2) is 4.79 Å². The van der Waals surface area contributed by atoms with E-state index in [1.54, 1.807) is 30.3 Å². The Balaban J connectivity index is 2.77. The molecule has 0 saturated carbocycles. The highest BCUT2D eigenvalue weighted by Crippen LogP contribution is 2.07. The number of methoxy groups -OCH3 is 1. The van der Waals surface area contributed by atoms with Crippen LogP contribution in [0.4, 0.5) is 0 Å². The van der Waals surface area contributed by atoms with Gasteiger partial charge >= 0.3 is 13.1 Å². The standard InChI is InChI=1S/C10H11BO4/c1-15-10(12)9-4-2-8(3-5-9)6-7-11(13)14/h2-7,13-14H,1H3. The predicted octanol–water partition coefficient (Wildman–Crippen LogP) is 0.498. The van der Waals surface area contributed by atoms with Crippen LogP contribution in [0.15, 0.2) is 30.2 Å². The summed E-state index contributed by atoms with van der Waals surface area (Å²) in [5, 5.41) is 17.2. The monoisotopic (exact) mass is 206 g/mol. The number of hydrogen-bond acceptors (Lipinski definition) is 4. The Morgan fingerprint density at radius 2 is 1.93 bits per heavy atom. The molecule has 0 bridgehead atoms. The Hall–Kier alpha value is -1.59. The topological polar surface area (TPSA) is 66.8 Å². The molecule has 1 aromatic rings. The van der Waals surface area contributed by atoms with Gasteiger partial charge in [-0.05, 0) is 17.7 Å². The van der Waals surface area contributed by atoms with Crippen molar-refractivity contribution in [1.29, 1.82) is 0 Å². The summed E-state index contributed by atoms with van der Waals surface area (Å²) in [4.78, 5) is 11.1. The minimum atomic E-state index is -1.47. The van der Waals surface area contributed by atoms with Gasteiger partial charge in [0.2, 0.25) is 0 Å². The van der Waals surface area contributed by atoms with E-state index in [0.717, 1.165) is 5.56 Å². The molecule has 5 heteroatoms. The van der Waals surface area contributed by atoms with Crippen molar-refractivity contribution in [2.45, 2.75) is 0 Å². The fourth-order valence-electron chi connectivity index (χ4n) is 1.05. The molecule has 0 fully saturated rings. The molecule has 4 nitrogen and oxygen atoms in total. The van der Waals surface area contributed by atoms with Gasteiger partial charge in [0.15, 0.2) is 0 Å². The Morgan fingerprint density at radius 3 is 2.40 bits per heavy atom. The van der Waals surface area contributed by atoms with E-state index < -0.39 is 13.1 Å². The molecule has 0 saturated heterocycles. The molecule has 0 aromatic heterocycles. The van der Waals surface area contributed by atoms with Crippen LogP contribution in [-0.4, -0.2) is 30.2 Å². The summed E-state index contributed by atoms with van der Waals surface area (Å²) in [5.74, 6) is 0.834. The summed E-state index contributed by atoms with van der Waals surface area (Å²) >= 11 is 0. The first kappa shape index (κ1) is 11.5. The van der Waals surface area contributed by atoms with Gasteiger partial charge < -0.3 is 14.8 Å². The highest BCUT2D eigenvalue weighted by molar-refractivity contribution is 6.48. The largest absolute Gasteiger partial charge is 0.480 e. The van der Waals surface area contributed by atoms with E-state index in [0.29, 0.717) is 5.56 Å². The minimum Gasteiger partial charge on any atom is -0.465 e. The first-order valence-electron chi connectivity index (χ1n) is 4.36. The second-order valence-electron chi connectivity index (χ2n) is 2.89. The lowest BCUT2D eigenvalue weighted by molar-refractivity contribution is 0.0600. The van der Waals surface area contributed by atoms with Crippen LogP contribution >= 0.6 is 0 Å². The van der Waals surface area contributed by atoms with Crippen molar-refractivity contribution in [3.8, 4) is 0 Å². The second-order valence-corrected chi connectivity index (χ2v) is 2.89. The second kappa shape index (κ2) is 5.33. The zero-order valence-electron chi connectivity index (χ0n) is 8.25. The Labute approximate surface area is 88.0 Å². The Bertz CT molecular complexity index is 356. The summed E-state index contributed by atoms with van der Waals surface area (Å²) in [5.41, 5.74) is 1.23. The third-order valence-electron chi connectivity index (χ3n) is 1.79. The lowest BCUT2D eigenvalue weighted by Gasteiger charge is -1.99. The first-order chi connectivity index (χ1) is 7.13. The molecule has 78 valence electrons. The van der Waals surface area contributed by atoms with Crippen molar-refractivity contribution in [2.24, 2.45) is 0 Å². The summed E-state index contributed by atoms with van der Waals surface area (Å²) in [6.07, 6.45) is 1.55. The number of carbonyl (C=O) groups excluding carboxylic acids is 1. The van der Waals surface area contributed by atoms with Gasteiger partial charge in [0.05, 0.1) is 12.7 Å². The molecule has 0 aliphatic carbocycles. The molecule has 1 aromatic carbocycles. The smallest absolute Gasteiger partial charge is 0.465 e. The number of benzene rings is 1. The average Bonchev–Trinajstić information content (AvgIpc) is 2.26. The molecule has 0 aliphatic heterocycles. The van der Waals surface area contributed by atoms with Gasteiger partial charge in [0.1, 0.15) is 0 Å². The molecule has 15 heavy (non-hydrogen) atoms. The molecule has 0 atom stereocenters. The predicted molar refractivity (Wildman–Crippen MR) is 57.0 cm³/mol. The molecule has 0 spiro atoms. The fraction of sp³-hybridized carbons (Fsp3) is 0.100. The Kier molecular flexibility index (Phi) is 4.09. The van der Waals surface area contributed by atoms with Crippen molar-refractivity contribution in [3.63, 3.8) is 0 Å². The first-order valence-corrected chi connectivity index (χ1v) is 4.36. The fourth-order valence-corrected chi connectivity index (χ4v) is 1.05. The summed E-state index contributed by atoms with van der Waals surface area (Å²) < 4.78 is 4.54. The van der Waals surface area contributed by atoms with E-state index in [-0.39, 0.29) is 0 Å². The number of hydrogen-bond donors (Lipinski definition) is 2. The lowest BCUT2D eigenvalue weighted by atomic mass is 9.91. The summed E-state index contributed by atoms with van der Waals surface area (Å²) in [7, 11) is -0.150. The zero-order chi connectivity index (χ0) is 11.3. The van der Waals surface area contributed by atoms with E-state index in [2.05, 4.69) is 4.74 Å². The molecular weight excluding hydrogens is 195 g/mol. The van der Waals surface area contributed by atoms with Crippen LogP contribution in [0.3, 0.4) is 0 Å². The quantitative estimate of drug-likeness (QED) is 0.558. The van der Waals surface area contributed by atoms with E-state index in [1.165, 1.54) is 13.1 Å². The maximum absolute atomic E-state index is 11.1. The number of rotatable bonds is 3. The van der Waals surface area contributed by atoms with Crippen LogP contribution < -0.4 is 0 Å². The molecule has 0 heterocycles.